The number of carbonyl (C=O) groups is 1. The summed E-state index contributed by atoms with van der Waals surface area (Å²) in [5, 5.41) is 3.42. The highest BCUT2D eigenvalue weighted by molar-refractivity contribution is 6.30. The lowest BCUT2D eigenvalue weighted by atomic mass is 10.1. The van der Waals surface area contributed by atoms with E-state index in [0.717, 1.165) is 5.56 Å². The molecule has 1 aromatic heterocycles. The molecule has 0 aliphatic rings. The molecule has 0 unspecified atom stereocenters. The van der Waals surface area contributed by atoms with Crippen LogP contribution in [0.5, 0.6) is 5.75 Å². The second-order valence-corrected chi connectivity index (χ2v) is 5.50. The van der Waals surface area contributed by atoms with E-state index in [4.69, 9.17) is 16.3 Å². The van der Waals surface area contributed by atoms with Crippen molar-refractivity contribution in [2.45, 2.75) is 20.3 Å². The topological polar surface area (TPSA) is 84.1 Å². The van der Waals surface area contributed by atoms with Gasteiger partial charge in [0.2, 0.25) is 5.91 Å². The summed E-state index contributed by atoms with van der Waals surface area (Å²) in [6, 6.07) is 7.01. The summed E-state index contributed by atoms with van der Waals surface area (Å²) in [6.07, 6.45) is 0.169. The number of aromatic nitrogens is 2. The molecule has 2 rings (SSSR count). The van der Waals surface area contributed by atoms with Crippen molar-refractivity contribution in [3.05, 3.63) is 56.7 Å². The van der Waals surface area contributed by atoms with Crippen molar-refractivity contribution in [1.82, 2.24) is 15.3 Å². The summed E-state index contributed by atoms with van der Waals surface area (Å²) >= 11 is 5.79. The van der Waals surface area contributed by atoms with Crippen LogP contribution in [0.25, 0.3) is 0 Å². The molecule has 1 heterocycles. The van der Waals surface area contributed by atoms with Gasteiger partial charge in [-0.2, -0.15) is 4.98 Å². The quantitative estimate of drug-likeness (QED) is 0.788. The number of hydrogen-bond donors (Lipinski definition) is 2. The summed E-state index contributed by atoms with van der Waals surface area (Å²) in [5.41, 5.74) is 1.56. The third kappa shape index (κ3) is 5.10. The van der Waals surface area contributed by atoms with E-state index in [2.05, 4.69) is 15.3 Å². The Labute approximate surface area is 138 Å². The van der Waals surface area contributed by atoms with Crippen LogP contribution in [-0.2, 0) is 11.2 Å². The van der Waals surface area contributed by atoms with Gasteiger partial charge in [-0.05, 0) is 38.1 Å². The van der Waals surface area contributed by atoms with Crippen LogP contribution in [0.2, 0.25) is 5.02 Å². The molecule has 23 heavy (non-hydrogen) atoms. The summed E-state index contributed by atoms with van der Waals surface area (Å²) in [7, 11) is 0. The molecule has 0 fully saturated rings. The van der Waals surface area contributed by atoms with E-state index in [1.54, 1.807) is 38.1 Å². The number of aryl methyl sites for hydroxylation is 2. The van der Waals surface area contributed by atoms with Crippen LogP contribution in [0.4, 0.5) is 0 Å². The highest BCUT2D eigenvalue weighted by Crippen LogP contribution is 2.15. The molecule has 0 saturated carbocycles. The Bertz CT molecular complexity index is 715. The van der Waals surface area contributed by atoms with Gasteiger partial charge in [0.15, 0.2) is 0 Å². The molecule has 1 aromatic carbocycles. The van der Waals surface area contributed by atoms with E-state index in [9.17, 15) is 9.59 Å². The Morgan fingerprint density at radius 1 is 1.30 bits per heavy atom. The van der Waals surface area contributed by atoms with Crippen LogP contribution in [0, 0.1) is 13.8 Å². The van der Waals surface area contributed by atoms with Crippen LogP contribution in [0.15, 0.2) is 29.1 Å². The third-order valence-electron chi connectivity index (χ3n) is 3.30. The number of ether oxygens (including phenoxy) is 1. The molecule has 0 spiro atoms. The second kappa shape index (κ2) is 7.78. The summed E-state index contributed by atoms with van der Waals surface area (Å²) in [5.74, 6) is 0.546. The van der Waals surface area contributed by atoms with Gasteiger partial charge in [-0.3, -0.25) is 4.79 Å². The molecule has 0 atom stereocenters. The van der Waals surface area contributed by atoms with Crippen molar-refractivity contribution in [3.8, 4) is 5.75 Å². The molecule has 0 saturated heterocycles. The lowest BCUT2D eigenvalue weighted by Crippen LogP contribution is -2.30. The largest absolute Gasteiger partial charge is 0.492 e. The van der Waals surface area contributed by atoms with E-state index in [0.29, 0.717) is 35.3 Å². The van der Waals surface area contributed by atoms with Crippen LogP contribution in [0.1, 0.15) is 17.0 Å². The van der Waals surface area contributed by atoms with Crippen molar-refractivity contribution in [2.75, 3.05) is 13.2 Å². The first-order chi connectivity index (χ1) is 11.0. The molecule has 122 valence electrons. The molecule has 2 aromatic rings. The molecule has 0 radical (unpaired) electrons. The van der Waals surface area contributed by atoms with E-state index in [-0.39, 0.29) is 12.3 Å². The van der Waals surface area contributed by atoms with Crippen molar-refractivity contribution in [2.24, 2.45) is 0 Å². The minimum Gasteiger partial charge on any atom is -0.492 e. The number of aromatic amines is 1. The predicted octanol–water partition coefficient (Wildman–Crippen LogP) is 1.78. The summed E-state index contributed by atoms with van der Waals surface area (Å²) in [4.78, 5) is 29.6. The van der Waals surface area contributed by atoms with Crippen LogP contribution < -0.4 is 15.7 Å². The smallest absolute Gasteiger partial charge is 0.345 e. The van der Waals surface area contributed by atoms with Crippen molar-refractivity contribution in [1.29, 1.82) is 0 Å². The highest BCUT2D eigenvalue weighted by Gasteiger charge is 2.10. The van der Waals surface area contributed by atoms with Gasteiger partial charge >= 0.3 is 5.69 Å². The first kappa shape index (κ1) is 17.0. The zero-order valence-corrected chi connectivity index (χ0v) is 13.7. The number of halogens is 1. The van der Waals surface area contributed by atoms with Gasteiger partial charge in [-0.15, -0.1) is 0 Å². The molecular formula is C16H18ClN3O3. The van der Waals surface area contributed by atoms with Crippen LogP contribution >= 0.6 is 11.6 Å². The maximum atomic E-state index is 12.0. The molecule has 1 amide bonds. The van der Waals surface area contributed by atoms with Crippen molar-refractivity contribution >= 4 is 17.5 Å². The van der Waals surface area contributed by atoms with Crippen LogP contribution in [-0.4, -0.2) is 29.0 Å². The number of benzene rings is 1. The van der Waals surface area contributed by atoms with E-state index >= 15 is 0 Å². The highest BCUT2D eigenvalue weighted by atomic mass is 35.5. The summed E-state index contributed by atoms with van der Waals surface area (Å²) in [6.45, 7) is 4.21. The fraction of sp³-hybridized carbons (Fsp3) is 0.312. The lowest BCUT2D eigenvalue weighted by molar-refractivity contribution is -0.120. The van der Waals surface area contributed by atoms with Crippen molar-refractivity contribution < 1.29 is 9.53 Å². The molecule has 6 nitrogen and oxygen atoms in total. The maximum Gasteiger partial charge on any atom is 0.345 e. The molecule has 0 aliphatic heterocycles. The Balaban J connectivity index is 1.79. The fourth-order valence-electron chi connectivity index (χ4n) is 2.13. The molecule has 2 N–H and O–H groups in total. The maximum absolute atomic E-state index is 12.0. The number of nitrogens with zero attached hydrogens (tertiary/aromatic N) is 1. The normalized spacial score (nSPS) is 10.4. The van der Waals surface area contributed by atoms with Gasteiger partial charge in [0.1, 0.15) is 12.4 Å². The van der Waals surface area contributed by atoms with Gasteiger partial charge in [0.25, 0.3) is 0 Å². The minimum absolute atomic E-state index is 0.148. The number of nitrogens with one attached hydrogen (secondary N) is 2. The average molecular weight is 336 g/mol. The Kier molecular flexibility index (Phi) is 5.76. The van der Waals surface area contributed by atoms with E-state index in [1.807, 2.05) is 0 Å². The lowest BCUT2D eigenvalue weighted by Gasteiger charge is -2.10. The van der Waals surface area contributed by atoms with Gasteiger partial charge in [-0.1, -0.05) is 11.6 Å². The van der Waals surface area contributed by atoms with E-state index in [1.165, 1.54) is 0 Å². The number of H-pyrrole nitrogens is 1. The number of rotatable bonds is 6. The standard InChI is InChI=1S/C16H18ClN3O3/c1-10-14(11(2)20-16(22)19-10)9-15(21)18-7-8-23-13-5-3-12(17)4-6-13/h3-6H,7-9H2,1-2H3,(H,18,21)(H,19,20,22). The van der Waals surface area contributed by atoms with E-state index < -0.39 is 5.69 Å². The number of hydrogen-bond acceptors (Lipinski definition) is 4. The van der Waals surface area contributed by atoms with Gasteiger partial charge in [0, 0.05) is 22.0 Å². The summed E-state index contributed by atoms with van der Waals surface area (Å²) < 4.78 is 5.49. The first-order valence-corrected chi connectivity index (χ1v) is 7.55. The number of carbonyl (C=O) groups excluding carboxylic acids is 1. The first-order valence-electron chi connectivity index (χ1n) is 7.17. The zero-order chi connectivity index (χ0) is 16.8. The average Bonchev–Trinajstić information content (AvgIpc) is 2.49. The zero-order valence-electron chi connectivity index (χ0n) is 13.0. The van der Waals surface area contributed by atoms with Gasteiger partial charge < -0.3 is 15.0 Å². The Hall–Kier alpha value is -2.34. The molecule has 0 bridgehead atoms. The predicted molar refractivity (Wildman–Crippen MR) is 88.0 cm³/mol. The third-order valence-corrected chi connectivity index (χ3v) is 3.55. The van der Waals surface area contributed by atoms with Gasteiger partial charge in [-0.25, -0.2) is 4.79 Å². The fourth-order valence-corrected chi connectivity index (χ4v) is 2.25. The Morgan fingerprint density at radius 2 is 2.00 bits per heavy atom. The molecule has 0 aliphatic carbocycles. The van der Waals surface area contributed by atoms with Crippen LogP contribution in [0.3, 0.4) is 0 Å². The molecular weight excluding hydrogens is 318 g/mol. The second-order valence-electron chi connectivity index (χ2n) is 5.06. The number of amides is 1. The minimum atomic E-state index is -0.402. The molecule has 7 heteroatoms. The SMILES string of the molecule is Cc1nc(=O)[nH]c(C)c1CC(=O)NCCOc1ccc(Cl)cc1. The van der Waals surface area contributed by atoms with Crippen molar-refractivity contribution in [3.63, 3.8) is 0 Å². The Morgan fingerprint density at radius 3 is 2.65 bits per heavy atom. The van der Waals surface area contributed by atoms with Gasteiger partial charge in [0.05, 0.1) is 13.0 Å². The monoisotopic (exact) mass is 335 g/mol.